The van der Waals surface area contributed by atoms with Crippen molar-refractivity contribution in [3.05, 3.63) is 33.5 Å². The quantitative estimate of drug-likeness (QED) is 0.891. The van der Waals surface area contributed by atoms with Crippen molar-refractivity contribution in [1.82, 2.24) is 0 Å². The number of rotatable bonds is 3. The molecular formula is C10H11BrFNO. The number of benzene rings is 1. The molecule has 2 N–H and O–H groups in total. The average molecular weight is 260 g/mol. The number of primary amides is 1. The fraction of sp³-hybridized carbons (Fsp3) is 0.300. The molecule has 0 heterocycles. The maximum atomic E-state index is 13.6. The Labute approximate surface area is 90.4 Å². The molecule has 1 rings (SSSR count). The minimum atomic E-state index is -0.729. The topological polar surface area (TPSA) is 43.1 Å². The SMILES string of the molecule is CCCc1c(Br)ccc(C(N)=O)c1F. The Morgan fingerprint density at radius 3 is 2.71 bits per heavy atom. The van der Waals surface area contributed by atoms with Gasteiger partial charge in [0.05, 0.1) is 5.56 Å². The van der Waals surface area contributed by atoms with Crippen molar-refractivity contribution in [3.63, 3.8) is 0 Å². The fourth-order valence-electron chi connectivity index (χ4n) is 1.27. The summed E-state index contributed by atoms with van der Waals surface area (Å²) in [5.41, 5.74) is 5.51. The molecule has 1 aromatic rings. The van der Waals surface area contributed by atoms with Gasteiger partial charge in [-0.05, 0) is 18.6 Å². The molecule has 0 unspecified atom stereocenters. The van der Waals surface area contributed by atoms with Crippen LogP contribution in [0.5, 0.6) is 0 Å². The van der Waals surface area contributed by atoms with Gasteiger partial charge in [-0.15, -0.1) is 0 Å². The second-order valence-electron chi connectivity index (χ2n) is 3.00. The molecule has 76 valence electrons. The number of halogens is 2. The Morgan fingerprint density at radius 2 is 2.21 bits per heavy atom. The van der Waals surface area contributed by atoms with Gasteiger partial charge < -0.3 is 5.73 Å². The number of nitrogens with two attached hydrogens (primary N) is 1. The largest absolute Gasteiger partial charge is 0.366 e. The molecule has 0 bridgehead atoms. The van der Waals surface area contributed by atoms with E-state index in [-0.39, 0.29) is 5.56 Å². The zero-order valence-corrected chi connectivity index (χ0v) is 9.40. The van der Waals surface area contributed by atoms with Gasteiger partial charge >= 0.3 is 0 Å². The Kier molecular flexibility index (Phi) is 3.63. The highest BCUT2D eigenvalue weighted by atomic mass is 79.9. The summed E-state index contributed by atoms with van der Waals surface area (Å²) in [5.74, 6) is -1.24. The van der Waals surface area contributed by atoms with Gasteiger partial charge in [-0.3, -0.25) is 4.79 Å². The van der Waals surface area contributed by atoms with E-state index in [1.54, 1.807) is 6.07 Å². The first kappa shape index (κ1) is 11.2. The molecular weight excluding hydrogens is 249 g/mol. The van der Waals surface area contributed by atoms with E-state index in [0.29, 0.717) is 16.5 Å². The predicted molar refractivity (Wildman–Crippen MR) is 56.6 cm³/mol. The molecule has 0 aromatic heterocycles. The zero-order chi connectivity index (χ0) is 10.7. The van der Waals surface area contributed by atoms with Crippen LogP contribution in [0.4, 0.5) is 4.39 Å². The van der Waals surface area contributed by atoms with Crippen LogP contribution in [0.25, 0.3) is 0 Å². The van der Waals surface area contributed by atoms with Crippen LogP contribution < -0.4 is 5.73 Å². The Hall–Kier alpha value is -0.900. The lowest BCUT2D eigenvalue weighted by Gasteiger charge is -2.07. The Morgan fingerprint density at radius 1 is 1.57 bits per heavy atom. The van der Waals surface area contributed by atoms with Crippen LogP contribution in [0, 0.1) is 5.82 Å². The summed E-state index contributed by atoms with van der Waals surface area (Å²) in [4.78, 5) is 10.9. The van der Waals surface area contributed by atoms with E-state index in [9.17, 15) is 9.18 Å². The van der Waals surface area contributed by atoms with Crippen molar-refractivity contribution >= 4 is 21.8 Å². The second kappa shape index (κ2) is 4.55. The molecule has 4 heteroatoms. The van der Waals surface area contributed by atoms with E-state index in [1.165, 1.54) is 6.07 Å². The number of carbonyl (C=O) groups excluding carboxylic acids is 1. The molecule has 0 aliphatic rings. The van der Waals surface area contributed by atoms with E-state index in [4.69, 9.17) is 5.73 Å². The first-order valence-corrected chi connectivity index (χ1v) is 5.14. The molecule has 0 fully saturated rings. The molecule has 0 spiro atoms. The number of carbonyl (C=O) groups is 1. The van der Waals surface area contributed by atoms with Gasteiger partial charge in [-0.2, -0.15) is 0 Å². The minimum Gasteiger partial charge on any atom is -0.366 e. The van der Waals surface area contributed by atoms with Crippen molar-refractivity contribution in [2.75, 3.05) is 0 Å². The molecule has 1 amide bonds. The third-order valence-electron chi connectivity index (χ3n) is 1.95. The molecule has 14 heavy (non-hydrogen) atoms. The molecule has 2 nitrogen and oxygen atoms in total. The monoisotopic (exact) mass is 259 g/mol. The maximum absolute atomic E-state index is 13.6. The molecule has 0 aliphatic carbocycles. The Balaban J connectivity index is 3.26. The van der Waals surface area contributed by atoms with Crippen molar-refractivity contribution in [2.45, 2.75) is 19.8 Å². The summed E-state index contributed by atoms with van der Waals surface area (Å²) in [7, 11) is 0. The van der Waals surface area contributed by atoms with Crippen molar-refractivity contribution in [3.8, 4) is 0 Å². The van der Waals surface area contributed by atoms with Gasteiger partial charge in [0.15, 0.2) is 0 Å². The summed E-state index contributed by atoms with van der Waals surface area (Å²) in [5, 5.41) is 0. The summed E-state index contributed by atoms with van der Waals surface area (Å²) < 4.78 is 14.3. The molecule has 0 saturated carbocycles. The third kappa shape index (κ3) is 2.12. The highest BCUT2D eigenvalue weighted by Gasteiger charge is 2.14. The predicted octanol–water partition coefficient (Wildman–Crippen LogP) is 2.64. The highest BCUT2D eigenvalue weighted by Crippen LogP contribution is 2.23. The van der Waals surface area contributed by atoms with Gasteiger partial charge in [0.1, 0.15) is 5.82 Å². The standard InChI is InChI=1S/C10H11BrFNO/c1-2-3-6-8(11)5-4-7(9(6)12)10(13)14/h4-5H,2-3H2,1H3,(H2,13,14). The van der Waals surface area contributed by atoms with Crippen LogP contribution in [0.2, 0.25) is 0 Å². The molecule has 0 radical (unpaired) electrons. The van der Waals surface area contributed by atoms with Crippen LogP contribution in [-0.2, 0) is 6.42 Å². The first-order chi connectivity index (χ1) is 6.57. The number of hydrogen-bond donors (Lipinski definition) is 1. The van der Waals surface area contributed by atoms with Crippen LogP contribution >= 0.6 is 15.9 Å². The normalized spacial score (nSPS) is 10.2. The van der Waals surface area contributed by atoms with Gasteiger partial charge in [-0.25, -0.2) is 4.39 Å². The molecule has 0 saturated heterocycles. The van der Waals surface area contributed by atoms with E-state index in [2.05, 4.69) is 15.9 Å². The maximum Gasteiger partial charge on any atom is 0.251 e. The summed E-state index contributed by atoms with van der Waals surface area (Å²) in [6.45, 7) is 1.95. The smallest absolute Gasteiger partial charge is 0.251 e. The van der Waals surface area contributed by atoms with Crippen LogP contribution in [-0.4, -0.2) is 5.91 Å². The van der Waals surface area contributed by atoms with Crippen molar-refractivity contribution in [1.29, 1.82) is 0 Å². The molecule has 1 aromatic carbocycles. The average Bonchev–Trinajstić information content (AvgIpc) is 2.11. The van der Waals surface area contributed by atoms with Crippen LogP contribution in [0.1, 0.15) is 29.3 Å². The molecule has 0 atom stereocenters. The fourth-order valence-corrected chi connectivity index (χ4v) is 1.77. The number of hydrogen-bond acceptors (Lipinski definition) is 1. The zero-order valence-electron chi connectivity index (χ0n) is 7.81. The lowest BCUT2D eigenvalue weighted by atomic mass is 10.1. The van der Waals surface area contributed by atoms with Crippen LogP contribution in [0.3, 0.4) is 0 Å². The summed E-state index contributed by atoms with van der Waals surface area (Å²) >= 11 is 3.24. The van der Waals surface area contributed by atoms with E-state index in [0.717, 1.165) is 6.42 Å². The van der Waals surface area contributed by atoms with Gasteiger partial charge in [-0.1, -0.05) is 29.3 Å². The summed E-state index contributed by atoms with van der Waals surface area (Å²) in [6, 6.07) is 3.04. The second-order valence-corrected chi connectivity index (χ2v) is 3.86. The number of amides is 1. The van der Waals surface area contributed by atoms with Gasteiger partial charge in [0.2, 0.25) is 0 Å². The van der Waals surface area contributed by atoms with Crippen LogP contribution in [0.15, 0.2) is 16.6 Å². The van der Waals surface area contributed by atoms with Crippen molar-refractivity contribution in [2.24, 2.45) is 5.73 Å². The Bertz CT molecular complexity index is 365. The van der Waals surface area contributed by atoms with E-state index >= 15 is 0 Å². The van der Waals surface area contributed by atoms with Crippen molar-refractivity contribution < 1.29 is 9.18 Å². The lowest BCUT2D eigenvalue weighted by molar-refractivity contribution is 0.0996. The van der Waals surface area contributed by atoms with E-state index in [1.807, 2.05) is 6.92 Å². The third-order valence-corrected chi connectivity index (χ3v) is 2.69. The minimum absolute atomic E-state index is 0.0448. The molecule has 0 aliphatic heterocycles. The van der Waals surface area contributed by atoms with Gasteiger partial charge in [0.25, 0.3) is 5.91 Å². The first-order valence-electron chi connectivity index (χ1n) is 4.34. The van der Waals surface area contributed by atoms with E-state index < -0.39 is 11.7 Å². The lowest BCUT2D eigenvalue weighted by Crippen LogP contribution is -2.14. The summed E-state index contributed by atoms with van der Waals surface area (Å²) in [6.07, 6.45) is 1.41. The van der Waals surface area contributed by atoms with Gasteiger partial charge in [0, 0.05) is 10.0 Å². The highest BCUT2D eigenvalue weighted by molar-refractivity contribution is 9.10.